The van der Waals surface area contributed by atoms with Gasteiger partial charge < -0.3 is 14.8 Å². The number of esters is 1. The van der Waals surface area contributed by atoms with E-state index in [1.165, 1.54) is 7.11 Å². The second kappa shape index (κ2) is 7.67. The summed E-state index contributed by atoms with van der Waals surface area (Å²) in [5.41, 5.74) is 4.30. The van der Waals surface area contributed by atoms with Crippen LogP contribution >= 0.6 is 0 Å². The molecule has 0 bridgehead atoms. The minimum atomic E-state index is -0.762. The van der Waals surface area contributed by atoms with Gasteiger partial charge in [0.15, 0.2) is 0 Å². The van der Waals surface area contributed by atoms with Gasteiger partial charge >= 0.3 is 5.97 Å². The van der Waals surface area contributed by atoms with E-state index in [9.17, 15) is 9.59 Å². The van der Waals surface area contributed by atoms with Gasteiger partial charge in [0.25, 0.3) is 0 Å². The lowest BCUT2D eigenvalue weighted by molar-refractivity contribution is -0.120. The predicted octanol–water partition coefficient (Wildman–Crippen LogP) is 4.60. The Bertz CT molecular complexity index is 1140. The van der Waals surface area contributed by atoms with E-state index in [-0.39, 0.29) is 5.91 Å². The first-order valence-electron chi connectivity index (χ1n) is 9.73. The van der Waals surface area contributed by atoms with E-state index >= 15 is 0 Å². The molecule has 152 valence electrons. The summed E-state index contributed by atoms with van der Waals surface area (Å²) < 4.78 is 10.3. The molecule has 4 rings (SSSR count). The van der Waals surface area contributed by atoms with Crippen LogP contribution in [0.3, 0.4) is 0 Å². The van der Waals surface area contributed by atoms with Crippen molar-refractivity contribution in [2.24, 2.45) is 0 Å². The van der Waals surface area contributed by atoms with Crippen LogP contribution in [0.5, 0.6) is 5.75 Å². The van der Waals surface area contributed by atoms with Crippen molar-refractivity contribution in [3.8, 4) is 16.9 Å². The van der Waals surface area contributed by atoms with Crippen LogP contribution in [0, 0.1) is 0 Å². The first-order valence-corrected chi connectivity index (χ1v) is 9.73. The van der Waals surface area contributed by atoms with Crippen LogP contribution < -0.4 is 10.1 Å². The van der Waals surface area contributed by atoms with E-state index in [2.05, 4.69) is 11.4 Å². The lowest BCUT2D eigenvalue weighted by atomic mass is 9.77. The minimum absolute atomic E-state index is 0.0573. The number of anilines is 1. The summed E-state index contributed by atoms with van der Waals surface area (Å²) in [6, 6.07) is 21.0. The summed E-state index contributed by atoms with van der Waals surface area (Å²) in [4.78, 5) is 24.9. The van der Waals surface area contributed by atoms with Crippen LogP contribution in [-0.2, 0) is 21.4 Å². The zero-order valence-electron chi connectivity index (χ0n) is 17.2. The van der Waals surface area contributed by atoms with E-state index < -0.39 is 11.4 Å². The predicted molar refractivity (Wildman–Crippen MR) is 116 cm³/mol. The van der Waals surface area contributed by atoms with Gasteiger partial charge in [-0.1, -0.05) is 36.4 Å². The quantitative estimate of drug-likeness (QED) is 0.635. The molecule has 0 fully saturated rings. The van der Waals surface area contributed by atoms with E-state index in [0.717, 1.165) is 33.7 Å². The van der Waals surface area contributed by atoms with Crippen LogP contribution in [0.2, 0.25) is 0 Å². The summed E-state index contributed by atoms with van der Waals surface area (Å²) >= 11 is 0. The van der Waals surface area contributed by atoms with Gasteiger partial charge in [-0.15, -0.1) is 0 Å². The molecule has 5 nitrogen and oxygen atoms in total. The Labute approximate surface area is 175 Å². The Morgan fingerprint density at radius 1 is 1.00 bits per heavy atom. The molecule has 0 aromatic heterocycles. The Morgan fingerprint density at radius 2 is 1.80 bits per heavy atom. The molecule has 1 atom stereocenters. The van der Waals surface area contributed by atoms with Gasteiger partial charge in [0.2, 0.25) is 5.91 Å². The average molecular weight is 401 g/mol. The third-order valence-electron chi connectivity index (χ3n) is 5.69. The number of rotatable bonds is 5. The van der Waals surface area contributed by atoms with Gasteiger partial charge in [0.05, 0.1) is 25.2 Å². The fourth-order valence-electron chi connectivity index (χ4n) is 4.05. The molecule has 1 aliphatic rings. The highest BCUT2D eigenvalue weighted by Crippen LogP contribution is 2.43. The summed E-state index contributed by atoms with van der Waals surface area (Å²) in [7, 11) is 3.01. The van der Waals surface area contributed by atoms with Crippen LogP contribution in [0.15, 0.2) is 66.7 Å². The number of ether oxygens (including phenoxy) is 2. The fraction of sp³-hybridized carbons (Fsp3) is 0.200. The van der Waals surface area contributed by atoms with Crippen molar-refractivity contribution in [2.45, 2.75) is 18.8 Å². The number of hydrogen-bond acceptors (Lipinski definition) is 4. The monoisotopic (exact) mass is 401 g/mol. The maximum absolute atomic E-state index is 13.0. The van der Waals surface area contributed by atoms with Crippen LogP contribution in [0.1, 0.15) is 28.4 Å². The van der Waals surface area contributed by atoms with Gasteiger partial charge in [0.1, 0.15) is 5.75 Å². The molecule has 1 unspecified atom stereocenters. The molecule has 0 radical (unpaired) electrons. The van der Waals surface area contributed by atoms with E-state index in [1.807, 2.05) is 55.5 Å². The SMILES string of the molecule is COC(=O)c1cccc(CC2(C)C(=O)Nc3ccc(-c4ccccc4OC)cc32)c1. The first kappa shape index (κ1) is 19.7. The van der Waals surface area contributed by atoms with Crippen molar-refractivity contribution in [3.63, 3.8) is 0 Å². The molecule has 1 amide bonds. The molecule has 1 aliphatic heterocycles. The van der Waals surface area contributed by atoms with E-state index in [4.69, 9.17) is 9.47 Å². The molecule has 1 N–H and O–H groups in total. The second-order valence-corrected chi connectivity index (χ2v) is 7.62. The van der Waals surface area contributed by atoms with Crippen LogP contribution in [0.25, 0.3) is 11.1 Å². The average Bonchev–Trinajstić information content (AvgIpc) is 3.02. The lowest BCUT2D eigenvalue weighted by Crippen LogP contribution is -2.33. The number of hydrogen-bond donors (Lipinski definition) is 1. The van der Waals surface area contributed by atoms with Gasteiger partial charge in [-0.05, 0) is 60.4 Å². The molecule has 0 saturated heterocycles. The van der Waals surface area contributed by atoms with Crippen molar-refractivity contribution in [2.75, 3.05) is 19.5 Å². The molecule has 1 heterocycles. The Hall–Kier alpha value is -3.60. The van der Waals surface area contributed by atoms with Crippen LogP contribution in [-0.4, -0.2) is 26.1 Å². The Morgan fingerprint density at radius 3 is 2.57 bits per heavy atom. The van der Waals surface area contributed by atoms with Crippen molar-refractivity contribution in [3.05, 3.63) is 83.4 Å². The van der Waals surface area contributed by atoms with Crippen molar-refractivity contribution in [1.82, 2.24) is 0 Å². The molecule has 30 heavy (non-hydrogen) atoms. The molecular formula is C25H23NO4. The molecule has 0 saturated carbocycles. The number of carbonyl (C=O) groups is 2. The number of nitrogens with one attached hydrogen (secondary N) is 1. The molecule has 3 aromatic rings. The molecule has 0 aliphatic carbocycles. The number of carbonyl (C=O) groups excluding carboxylic acids is 2. The highest BCUT2D eigenvalue weighted by Gasteiger charge is 2.43. The number of fused-ring (bicyclic) bond motifs is 1. The number of para-hydroxylation sites is 1. The van der Waals surface area contributed by atoms with Crippen molar-refractivity contribution < 1.29 is 19.1 Å². The molecule has 5 heteroatoms. The summed E-state index contributed by atoms with van der Waals surface area (Å²) in [6.45, 7) is 1.94. The topological polar surface area (TPSA) is 64.6 Å². The van der Waals surface area contributed by atoms with Crippen molar-refractivity contribution >= 4 is 17.6 Å². The zero-order valence-corrected chi connectivity index (χ0v) is 17.2. The van der Waals surface area contributed by atoms with Gasteiger partial charge in [0, 0.05) is 11.3 Å². The number of methoxy groups -OCH3 is 2. The Balaban J connectivity index is 1.75. The lowest BCUT2D eigenvalue weighted by Gasteiger charge is -2.23. The molecule has 3 aromatic carbocycles. The summed E-state index contributed by atoms with van der Waals surface area (Å²) in [6.07, 6.45) is 0.464. The second-order valence-electron chi connectivity index (χ2n) is 7.62. The van der Waals surface area contributed by atoms with Crippen molar-refractivity contribution in [1.29, 1.82) is 0 Å². The third kappa shape index (κ3) is 3.32. The fourth-order valence-corrected chi connectivity index (χ4v) is 4.05. The van der Waals surface area contributed by atoms with E-state index in [1.54, 1.807) is 19.2 Å². The highest BCUT2D eigenvalue weighted by molar-refractivity contribution is 6.06. The summed E-state index contributed by atoms with van der Waals surface area (Å²) in [5.74, 6) is 0.331. The molecular weight excluding hydrogens is 378 g/mol. The van der Waals surface area contributed by atoms with Crippen LogP contribution in [0.4, 0.5) is 5.69 Å². The minimum Gasteiger partial charge on any atom is -0.496 e. The maximum Gasteiger partial charge on any atom is 0.337 e. The third-order valence-corrected chi connectivity index (χ3v) is 5.69. The zero-order chi connectivity index (χ0) is 21.3. The number of benzene rings is 3. The van der Waals surface area contributed by atoms with Gasteiger partial charge in [-0.2, -0.15) is 0 Å². The normalized spacial score (nSPS) is 17.2. The standard InChI is InChI=1S/C25H23NO4/c1-25(15-16-7-6-8-18(13-16)23(27)30-3)20-14-17(11-12-21(20)26-24(25)28)19-9-4-5-10-22(19)29-2/h4-14H,15H2,1-3H3,(H,26,28). The summed E-state index contributed by atoms with van der Waals surface area (Å²) in [5, 5.41) is 3.00. The maximum atomic E-state index is 13.0. The highest BCUT2D eigenvalue weighted by atomic mass is 16.5. The largest absolute Gasteiger partial charge is 0.496 e. The Kier molecular flexibility index (Phi) is 5.04. The smallest absolute Gasteiger partial charge is 0.337 e. The number of amides is 1. The van der Waals surface area contributed by atoms with Gasteiger partial charge in [-0.3, -0.25) is 4.79 Å². The first-order chi connectivity index (χ1) is 14.5. The van der Waals surface area contributed by atoms with Gasteiger partial charge in [-0.25, -0.2) is 4.79 Å². The molecule has 0 spiro atoms. The van der Waals surface area contributed by atoms with E-state index in [0.29, 0.717) is 12.0 Å².